The van der Waals surface area contributed by atoms with E-state index < -0.39 is 0 Å². The van der Waals surface area contributed by atoms with Gasteiger partial charge in [0.05, 0.1) is 13.2 Å². The summed E-state index contributed by atoms with van der Waals surface area (Å²) in [4.78, 5) is 15.7. The van der Waals surface area contributed by atoms with Gasteiger partial charge in [-0.25, -0.2) is 0 Å². The van der Waals surface area contributed by atoms with Crippen molar-refractivity contribution in [2.45, 2.75) is 38.6 Å². The minimum absolute atomic E-state index is 0.112. The third-order valence-corrected chi connectivity index (χ3v) is 5.93. The largest absolute Gasteiger partial charge is 0.497 e. The van der Waals surface area contributed by atoms with E-state index in [2.05, 4.69) is 42.2 Å². The number of likely N-dealkylation sites (tertiary alicyclic amines) is 1. The van der Waals surface area contributed by atoms with Crippen LogP contribution in [0.2, 0.25) is 0 Å². The first kappa shape index (κ1) is 18.6. The van der Waals surface area contributed by atoms with Gasteiger partial charge in [-0.05, 0) is 55.7 Å². The van der Waals surface area contributed by atoms with E-state index in [0.29, 0.717) is 0 Å². The number of hydrogen-bond donors (Lipinski definition) is 0. The zero-order valence-corrected chi connectivity index (χ0v) is 16.9. The molecule has 4 rings (SSSR count). The number of aryl methyl sites for hydroxylation is 2. The van der Waals surface area contributed by atoms with Crippen LogP contribution in [-0.4, -0.2) is 29.0 Å². The molecule has 2 aromatic carbocycles. The number of benzene rings is 2. The third kappa shape index (κ3) is 3.39. The Hall–Kier alpha value is -2.75. The molecular weight excluding hydrogens is 348 g/mol. The zero-order valence-electron chi connectivity index (χ0n) is 16.9. The smallest absolute Gasteiger partial charge is 0.271 e. The summed E-state index contributed by atoms with van der Waals surface area (Å²) in [5.41, 5.74) is 4.26. The van der Waals surface area contributed by atoms with Crippen molar-refractivity contribution in [1.82, 2.24) is 9.47 Å². The van der Waals surface area contributed by atoms with Crippen LogP contribution >= 0.6 is 0 Å². The van der Waals surface area contributed by atoms with Crippen LogP contribution in [0.1, 0.15) is 53.3 Å². The van der Waals surface area contributed by atoms with Crippen LogP contribution in [0, 0.1) is 6.92 Å². The lowest BCUT2D eigenvalue weighted by Gasteiger charge is -2.30. The Morgan fingerprint density at radius 3 is 2.57 bits per heavy atom. The molecule has 0 spiro atoms. The van der Waals surface area contributed by atoms with Crippen molar-refractivity contribution < 1.29 is 9.53 Å². The summed E-state index contributed by atoms with van der Waals surface area (Å²) in [6.07, 6.45) is 4.38. The Morgan fingerprint density at radius 1 is 1.04 bits per heavy atom. The van der Waals surface area contributed by atoms with Gasteiger partial charge in [-0.15, -0.1) is 0 Å². The lowest BCUT2D eigenvalue weighted by molar-refractivity contribution is 0.0671. The summed E-state index contributed by atoms with van der Waals surface area (Å²) < 4.78 is 7.33. The van der Waals surface area contributed by atoms with Crippen molar-refractivity contribution in [2.24, 2.45) is 7.05 Å². The Labute approximate surface area is 166 Å². The minimum Gasteiger partial charge on any atom is -0.497 e. The molecule has 1 saturated heterocycles. The van der Waals surface area contributed by atoms with E-state index in [1.165, 1.54) is 17.5 Å². The summed E-state index contributed by atoms with van der Waals surface area (Å²) in [6, 6.07) is 16.7. The Morgan fingerprint density at radius 2 is 1.82 bits per heavy atom. The molecule has 0 N–H and O–H groups in total. The first-order valence-corrected chi connectivity index (χ1v) is 10.1. The molecule has 1 amide bonds. The third-order valence-electron chi connectivity index (χ3n) is 5.93. The number of aromatic nitrogens is 1. The molecule has 28 heavy (non-hydrogen) atoms. The molecule has 0 radical (unpaired) electrons. The van der Waals surface area contributed by atoms with Gasteiger partial charge in [-0.2, -0.15) is 0 Å². The van der Waals surface area contributed by atoms with Gasteiger partial charge in [0.15, 0.2) is 0 Å². The van der Waals surface area contributed by atoms with E-state index in [9.17, 15) is 4.79 Å². The van der Waals surface area contributed by atoms with Gasteiger partial charge in [0.25, 0.3) is 5.91 Å². The molecule has 1 aliphatic heterocycles. The summed E-state index contributed by atoms with van der Waals surface area (Å²) in [5, 5.41) is 1.13. The fourth-order valence-electron chi connectivity index (χ4n) is 4.35. The first-order chi connectivity index (χ1) is 13.6. The molecule has 1 aromatic heterocycles. The summed E-state index contributed by atoms with van der Waals surface area (Å²) in [5.74, 6) is 0.971. The van der Waals surface area contributed by atoms with Crippen LogP contribution in [0.4, 0.5) is 0 Å². The Balaban J connectivity index is 1.71. The monoisotopic (exact) mass is 376 g/mol. The van der Waals surface area contributed by atoms with Crippen LogP contribution in [0.15, 0.2) is 48.5 Å². The molecule has 4 nitrogen and oxygen atoms in total. The fourth-order valence-corrected chi connectivity index (χ4v) is 4.35. The molecule has 0 aliphatic carbocycles. The zero-order chi connectivity index (χ0) is 19.7. The van der Waals surface area contributed by atoms with Crippen LogP contribution in [0.5, 0.6) is 5.75 Å². The summed E-state index contributed by atoms with van der Waals surface area (Å²) in [7, 11) is 3.67. The highest BCUT2D eigenvalue weighted by molar-refractivity contribution is 5.99. The number of amides is 1. The summed E-state index contributed by atoms with van der Waals surface area (Å²) >= 11 is 0. The number of hydrogen-bond acceptors (Lipinski definition) is 2. The predicted molar refractivity (Wildman–Crippen MR) is 113 cm³/mol. The number of ether oxygens (including phenoxy) is 1. The molecule has 4 heteroatoms. The van der Waals surface area contributed by atoms with Gasteiger partial charge in [0.1, 0.15) is 11.4 Å². The molecule has 0 saturated carbocycles. The molecule has 1 aliphatic rings. The standard InChI is InChI=1S/C24H28N2O2/c1-17-8-13-21-19(15-17)16-23(25(21)2)24(27)26-14-6-4-5-7-22(26)18-9-11-20(28-3)12-10-18/h8-13,15-16,22H,4-7,14H2,1-3H3. The second-order valence-corrected chi connectivity index (χ2v) is 7.79. The van der Waals surface area contributed by atoms with Gasteiger partial charge >= 0.3 is 0 Å². The minimum atomic E-state index is 0.112. The topological polar surface area (TPSA) is 34.5 Å². The van der Waals surface area contributed by atoms with E-state index in [0.717, 1.165) is 48.2 Å². The maximum atomic E-state index is 13.6. The second-order valence-electron chi connectivity index (χ2n) is 7.79. The van der Waals surface area contributed by atoms with Crippen molar-refractivity contribution in [2.75, 3.05) is 13.7 Å². The Bertz CT molecular complexity index is 988. The molecule has 3 aromatic rings. The maximum Gasteiger partial charge on any atom is 0.271 e. The van der Waals surface area contributed by atoms with Gasteiger partial charge < -0.3 is 14.2 Å². The van der Waals surface area contributed by atoms with Gasteiger partial charge in [-0.1, -0.05) is 36.6 Å². The lowest BCUT2D eigenvalue weighted by atomic mass is 10.0. The van der Waals surface area contributed by atoms with Crippen LogP contribution in [-0.2, 0) is 7.05 Å². The highest BCUT2D eigenvalue weighted by Gasteiger charge is 2.29. The molecule has 0 bridgehead atoms. The molecule has 1 atom stereocenters. The van der Waals surface area contributed by atoms with Crippen molar-refractivity contribution >= 4 is 16.8 Å². The van der Waals surface area contributed by atoms with Crippen molar-refractivity contribution in [1.29, 1.82) is 0 Å². The van der Waals surface area contributed by atoms with Crippen LogP contribution in [0.3, 0.4) is 0 Å². The first-order valence-electron chi connectivity index (χ1n) is 10.1. The van der Waals surface area contributed by atoms with Gasteiger partial charge in [0.2, 0.25) is 0 Å². The second kappa shape index (κ2) is 7.70. The molecule has 1 unspecified atom stereocenters. The lowest BCUT2D eigenvalue weighted by Crippen LogP contribution is -2.35. The van der Waals surface area contributed by atoms with Crippen molar-refractivity contribution in [3.8, 4) is 5.75 Å². The van der Waals surface area contributed by atoms with E-state index in [1.807, 2.05) is 29.8 Å². The van der Waals surface area contributed by atoms with E-state index >= 15 is 0 Å². The Kier molecular flexibility index (Phi) is 5.12. The maximum absolute atomic E-state index is 13.6. The van der Waals surface area contributed by atoms with Crippen LogP contribution < -0.4 is 4.74 Å². The number of rotatable bonds is 3. The number of methoxy groups -OCH3 is 1. The number of carbonyl (C=O) groups excluding carboxylic acids is 1. The average molecular weight is 377 g/mol. The van der Waals surface area contributed by atoms with E-state index in [4.69, 9.17) is 4.74 Å². The predicted octanol–water partition coefficient (Wildman–Crippen LogP) is 5.25. The molecule has 2 heterocycles. The van der Waals surface area contributed by atoms with Crippen LogP contribution in [0.25, 0.3) is 10.9 Å². The summed E-state index contributed by atoms with van der Waals surface area (Å²) in [6.45, 7) is 2.89. The van der Waals surface area contributed by atoms with Crippen molar-refractivity contribution in [3.05, 3.63) is 65.4 Å². The normalized spacial score (nSPS) is 17.5. The molecular formula is C24H28N2O2. The SMILES string of the molecule is COc1ccc(C2CCCCCN2C(=O)c2cc3cc(C)ccc3n2C)cc1. The van der Waals surface area contributed by atoms with E-state index in [-0.39, 0.29) is 11.9 Å². The number of fused-ring (bicyclic) bond motifs is 1. The molecule has 1 fully saturated rings. The van der Waals surface area contributed by atoms with Crippen molar-refractivity contribution in [3.63, 3.8) is 0 Å². The average Bonchev–Trinajstić information content (AvgIpc) is 2.88. The van der Waals surface area contributed by atoms with Gasteiger partial charge in [0, 0.05) is 24.5 Å². The highest BCUT2D eigenvalue weighted by Crippen LogP contribution is 2.33. The number of nitrogens with zero attached hydrogens (tertiary/aromatic N) is 2. The fraction of sp³-hybridized carbons (Fsp3) is 0.375. The van der Waals surface area contributed by atoms with Gasteiger partial charge in [-0.3, -0.25) is 4.79 Å². The molecule has 146 valence electrons. The highest BCUT2D eigenvalue weighted by atomic mass is 16.5. The van der Waals surface area contributed by atoms with E-state index in [1.54, 1.807) is 7.11 Å². The number of carbonyl (C=O) groups is 1. The quantitative estimate of drug-likeness (QED) is 0.625.